The molecule has 2 unspecified atom stereocenters. The Balaban J connectivity index is 1.72. The van der Waals surface area contributed by atoms with E-state index in [1.807, 2.05) is 32.9 Å². The van der Waals surface area contributed by atoms with Crippen LogP contribution in [0, 0.1) is 12.8 Å². The van der Waals surface area contributed by atoms with Crippen molar-refractivity contribution in [3.63, 3.8) is 0 Å². The highest BCUT2D eigenvalue weighted by atomic mass is 16.2. The van der Waals surface area contributed by atoms with Gasteiger partial charge in [0.15, 0.2) is 5.78 Å². The summed E-state index contributed by atoms with van der Waals surface area (Å²) in [4.78, 5) is 38.4. The lowest BCUT2D eigenvalue weighted by Gasteiger charge is -2.29. The molecule has 5 heteroatoms. The molecule has 0 spiro atoms. The van der Waals surface area contributed by atoms with Crippen LogP contribution in [0.2, 0.25) is 0 Å². The first-order valence-corrected chi connectivity index (χ1v) is 10.7. The molecule has 2 aromatic rings. The minimum absolute atomic E-state index is 0.0545. The maximum atomic E-state index is 13.0. The van der Waals surface area contributed by atoms with E-state index >= 15 is 0 Å². The van der Waals surface area contributed by atoms with Crippen LogP contribution in [0.5, 0.6) is 0 Å². The van der Waals surface area contributed by atoms with Gasteiger partial charge in [0.25, 0.3) is 5.91 Å². The van der Waals surface area contributed by atoms with E-state index in [2.05, 4.69) is 10.6 Å². The fourth-order valence-corrected chi connectivity index (χ4v) is 3.96. The highest BCUT2D eigenvalue weighted by Gasteiger charge is 2.29. The van der Waals surface area contributed by atoms with Crippen LogP contribution in [-0.2, 0) is 4.79 Å². The molecular formula is C25H30N2O3. The van der Waals surface area contributed by atoms with E-state index < -0.39 is 0 Å². The molecule has 0 heterocycles. The zero-order chi connectivity index (χ0) is 21.7. The third-order valence-electron chi connectivity index (χ3n) is 5.54. The van der Waals surface area contributed by atoms with E-state index in [0.29, 0.717) is 23.1 Å². The van der Waals surface area contributed by atoms with E-state index in [4.69, 9.17) is 0 Å². The molecule has 1 aliphatic carbocycles. The van der Waals surface area contributed by atoms with Gasteiger partial charge in [-0.15, -0.1) is 0 Å². The Morgan fingerprint density at radius 2 is 1.60 bits per heavy atom. The van der Waals surface area contributed by atoms with Gasteiger partial charge in [0.1, 0.15) is 0 Å². The topological polar surface area (TPSA) is 75.3 Å². The molecule has 1 fully saturated rings. The fourth-order valence-electron chi connectivity index (χ4n) is 3.96. The van der Waals surface area contributed by atoms with Gasteiger partial charge in [-0.05, 0) is 46.1 Å². The number of carbonyl (C=O) groups excluding carboxylic acids is 3. The number of rotatable bonds is 6. The molecule has 0 saturated heterocycles. The van der Waals surface area contributed by atoms with Crippen molar-refractivity contribution >= 4 is 17.6 Å². The van der Waals surface area contributed by atoms with Crippen molar-refractivity contribution in [1.82, 2.24) is 10.6 Å². The number of hydrogen-bond acceptors (Lipinski definition) is 3. The number of nitrogens with one attached hydrogen (secondary N) is 2. The van der Waals surface area contributed by atoms with E-state index in [0.717, 1.165) is 24.8 Å². The average Bonchev–Trinajstić information content (AvgIpc) is 2.73. The molecule has 2 aromatic carbocycles. The van der Waals surface area contributed by atoms with Crippen LogP contribution in [0.4, 0.5) is 0 Å². The maximum Gasteiger partial charge on any atom is 0.252 e. The highest BCUT2D eigenvalue weighted by Crippen LogP contribution is 2.25. The zero-order valence-corrected chi connectivity index (χ0v) is 17.9. The number of carbonyl (C=O) groups is 3. The molecule has 1 saturated carbocycles. The second kappa shape index (κ2) is 9.70. The predicted molar refractivity (Wildman–Crippen MR) is 118 cm³/mol. The second-order valence-electron chi connectivity index (χ2n) is 8.44. The van der Waals surface area contributed by atoms with Gasteiger partial charge in [0.2, 0.25) is 5.91 Å². The molecular weight excluding hydrogens is 376 g/mol. The van der Waals surface area contributed by atoms with Gasteiger partial charge >= 0.3 is 0 Å². The van der Waals surface area contributed by atoms with Crippen LogP contribution in [0.25, 0.3) is 0 Å². The Bertz CT molecular complexity index is 918. The van der Waals surface area contributed by atoms with Crippen molar-refractivity contribution in [1.29, 1.82) is 0 Å². The van der Waals surface area contributed by atoms with Gasteiger partial charge in [-0.1, -0.05) is 54.4 Å². The number of hydrogen-bond donors (Lipinski definition) is 2. The van der Waals surface area contributed by atoms with Gasteiger partial charge in [-0.3, -0.25) is 14.4 Å². The lowest BCUT2D eigenvalue weighted by Crippen LogP contribution is -2.44. The Morgan fingerprint density at radius 1 is 0.933 bits per heavy atom. The lowest BCUT2D eigenvalue weighted by molar-refractivity contribution is -0.126. The van der Waals surface area contributed by atoms with Crippen molar-refractivity contribution in [2.75, 3.05) is 0 Å². The van der Waals surface area contributed by atoms with Crippen molar-refractivity contribution in [2.24, 2.45) is 5.92 Å². The molecule has 2 amide bonds. The molecule has 0 bridgehead atoms. The van der Waals surface area contributed by atoms with E-state index in [1.165, 1.54) is 0 Å². The van der Waals surface area contributed by atoms with Crippen LogP contribution in [0.3, 0.4) is 0 Å². The third kappa shape index (κ3) is 5.35. The molecule has 1 aliphatic rings. The Morgan fingerprint density at radius 3 is 2.27 bits per heavy atom. The summed E-state index contributed by atoms with van der Waals surface area (Å²) in [6.45, 7) is 5.86. The standard InChI is InChI=1S/C25H30N2O3/c1-16(2)26-24(29)19-7-6-8-20(15-19)27-25(30)22-10-5-4-9-21(22)23(28)18-13-11-17(3)12-14-18/h4-5,9-14,16,19-20H,6-8,15H2,1-3H3,(H,26,29)(H,27,30). The summed E-state index contributed by atoms with van der Waals surface area (Å²) >= 11 is 0. The molecule has 2 N–H and O–H groups in total. The summed E-state index contributed by atoms with van der Waals surface area (Å²) in [6.07, 6.45) is 3.20. The average molecular weight is 407 g/mol. The molecule has 30 heavy (non-hydrogen) atoms. The summed E-state index contributed by atoms with van der Waals surface area (Å²) in [7, 11) is 0. The summed E-state index contributed by atoms with van der Waals surface area (Å²) in [5.41, 5.74) is 2.40. The summed E-state index contributed by atoms with van der Waals surface area (Å²) in [5, 5.41) is 6.03. The summed E-state index contributed by atoms with van der Waals surface area (Å²) < 4.78 is 0. The minimum atomic E-state index is -0.263. The summed E-state index contributed by atoms with van der Waals surface area (Å²) in [6, 6.07) is 14.3. The molecule has 0 aromatic heterocycles. The lowest BCUT2D eigenvalue weighted by atomic mass is 9.84. The first-order valence-electron chi connectivity index (χ1n) is 10.7. The van der Waals surface area contributed by atoms with Gasteiger partial charge in [0, 0.05) is 29.1 Å². The molecule has 0 aliphatic heterocycles. The summed E-state index contributed by atoms with van der Waals surface area (Å²) in [5.74, 6) is -0.464. The smallest absolute Gasteiger partial charge is 0.252 e. The fraction of sp³-hybridized carbons (Fsp3) is 0.400. The quantitative estimate of drug-likeness (QED) is 0.711. The first kappa shape index (κ1) is 21.8. The zero-order valence-electron chi connectivity index (χ0n) is 17.9. The van der Waals surface area contributed by atoms with Crippen LogP contribution in [-0.4, -0.2) is 29.7 Å². The van der Waals surface area contributed by atoms with Crippen molar-refractivity contribution in [3.8, 4) is 0 Å². The van der Waals surface area contributed by atoms with Crippen molar-refractivity contribution in [2.45, 2.75) is 58.5 Å². The largest absolute Gasteiger partial charge is 0.354 e. The van der Waals surface area contributed by atoms with Gasteiger partial charge in [0.05, 0.1) is 5.56 Å². The van der Waals surface area contributed by atoms with Crippen LogP contribution in [0.15, 0.2) is 48.5 Å². The molecule has 2 atom stereocenters. The first-order chi connectivity index (χ1) is 14.3. The number of benzene rings is 2. The Labute approximate surface area is 178 Å². The van der Waals surface area contributed by atoms with Crippen molar-refractivity contribution < 1.29 is 14.4 Å². The van der Waals surface area contributed by atoms with E-state index in [9.17, 15) is 14.4 Å². The number of ketones is 1. The van der Waals surface area contributed by atoms with Crippen LogP contribution >= 0.6 is 0 Å². The van der Waals surface area contributed by atoms with Gasteiger partial charge in [-0.25, -0.2) is 0 Å². The molecule has 5 nitrogen and oxygen atoms in total. The Kier molecular flexibility index (Phi) is 7.03. The van der Waals surface area contributed by atoms with Crippen molar-refractivity contribution in [3.05, 3.63) is 70.8 Å². The highest BCUT2D eigenvalue weighted by molar-refractivity contribution is 6.15. The van der Waals surface area contributed by atoms with Crippen LogP contribution < -0.4 is 10.6 Å². The molecule has 3 rings (SSSR count). The van der Waals surface area contributed by atoms with Crippen LogP contribution in [0.1, 0.15) is 71.4 Å². The minimum Gasteiger partial charge on any atom is -0.354 e. The molecule has 158 valence electrons. The Hall–Kier alpha value is -2.95. The number of aryl methyl sites for hydroxylation is 1. The predicted octanol–water partition coefficient (Wildman–Crippen LogP) is 4.04. The van der Waals surface area contributed by atoms with Gasteiger partial charge < -0.3 is 10.6 Å². The monoisotopic (exact) mass is 406 g/mol. The van der Waals surface area contributed by atoms with Gasteiger partial charge in [-0.2, -0.15) is 0 Å². The SMILES string of the molecule is Cc1ccc(C(=O)c2ccccc2C(=O)NC2CCCC(C(=O)NC(C)C)C2)cc1. The normalized spacial score (nSPS) is 18.7. The second-order valence-corrected chi connectivity index (χ2v) is 8.44. The number of amides is 2. The van der Waals surface area contributed by atoms with E-state index in [-0.39, 0.29) is 35.6 Å². The van der Waals surface area contributed by atoms with E-state index in [1.54, 1.807) is 36.4 Å². The molecule has 0 radical (unpaired) electrons. The third-order valence-corrected chi connectivity index (χ3v) is 5.54. The maximum absolute atomic E-state index is 13.0.